The second-order valence-electron chi connectivity index (χ2n) is 3.41. The molecular formula is C12H19F3. The van der Waals surface area contributed by atoms with E-state index in [1.807, 2.05) is 13.8 Å². The molecule has 0 N–H and O–H groups in total. The Balaban J connectivity index is 0.000000921. The third kappa shape index (κ3) is 4.10. The van der Waals surface area contributed by atoms with Gasteiger partial charge in [-0.3, -0.25) is 0 Å². The summed E-state index contributed by atoms with van der Waals surface area (Å²) < 4.78 is 36.7. The molecule has 0 aliphatic heterocycles. The van der Waals surface area contributed by atoms with Gasteiger partial charge in [-0.15, -0.1) is 0 Å². The van der Waals surface area contributed by atoms with E-state index in [2.05, 4.69) is 6.58 Å². The summed E-state index contributed by atoms with van der Waals surface area (Å²) in [6.07, 6.45) is -0.628. The molecule has 0 nitrogen and oxygen atoms in total. The Morgan fingerprint density at radius 2 is 1.53 bits per heavy atom. The molecule has 0 atom stereocenters. The van der Waals surface area contributed by atoms with E-state index < -0.39 is 11.7 Å². The Morgan fingerprint density at radius 1 is 1.13 bits per heavy atom. The highest BCUT2D eigenvalue weighted by Crippen LogP contribution is 2.35. The fourth-order valence-corrected chi connectivity index (χ4v) is 1.60. The van der Waals surface area contributed by atoms with Crippen LogP contribution in [0.3, 0.4) is 0 Å². The van der Waals surface area contributed by atoms with Crippen molar-refractivity contribution in [1.82, 2.24) is 0 Å². The highest BCUT2D eigenvalue weighted by Gasteiger charge is 2.33. The summed E-state index contributed by atoms with van der Waals surface area (Å²) in [5.41, 5.74) is 0.608. The second-order valence-corrected chi connectivity index (χ2v) is 3.41. The topological polar surface area (TPSA) is 0 Å². The lowest BCUT2D eigenvalue weighted by Gasteiger charge is -2.12. The molecule has 0 spiro atoms. The van der Waals surface area contributed by atoms with Gasteiger partial charge in [0.2, 0.25) is 0 Å². The van der Waals surface area contributed by atoms with Gasteiger partial charge in [-0.05, 0) is 38.2 Å². The minimum atomic E-state index is -4.26. The van der Waals surface area contributed by atoms with E-state index in [1.54, 1.807) is 0 Å². The predicted octanol–water partition coefficient (Wildman–Crippen LogP) is 5.02. The maximum absolute atomic E-state index is 12.2. The first-order valence-electron chi connectivity index (χ1n) is 5.38. The Labute approximate surface area is 89.9 Å². The molecule has 88 valence electrons. The van der Waals surface area contributed by atoms with E-state index in [-0.39, 0.29) is 0 Å². The Morgan fingerprint density at radius 3 is 1.87 bits per heavy atom. The molecule has 1 fully saturated rings. The number of allylic oxidation sites excluding steroid dienone is 3. The summed E-state index contributed by atoms with van der Waals surface area (Å²) in [5.74, 6) is 0. The van der Waals surface area contributed by atoms with Crippen molar-refractivity contribution in [3.05, 3.63) is 23.3 Å². The lowest BCUT2D eigenvalue weighted by Crippen LogP contribution is -2.12. The minimum Gasteiger partial charge on any atom is -0.166 e. The molecule has 0 heterocycles. The van der Waals surface area contributed by atoms with Gasteiger partial charge < -0.3 is 0 Å². The number of alkyl halides is 3. The molecule has 0 aromatic carbocycles. The first-order chi connectivity index (χ1) is 6.93. The van der Waals surface area contributed by atoms with Gasteiger partial charge in [-0.1, -0.05) is 26.0 Å². The Bertz CT molecular complexity index is 238. The van der Waals surface area contributed by atoms with Crippen LogP contribution in [0.15, 0.2) is 23.3 Å². The molecule has 1 saturated carbocycles. The average Bonchev–Trinajstić information content (AvgIpc) is 2.70. The van der Waals surface area contributed by atoms with Crippen molar-refractivity contribution in [3.63, 3.8) is 0 Å². The van der Waals surface area contributed by atoms with E-state index in [0.29, 0.717) is 5.57 Å². The zero-order valence-corrected chi connectivity index (χ0v) is 9.67. The molecule has 3 heteroatoms. The minimum absolute atomic E-state index is 0.352. The standard InChI is InChI=1S/C10H13F3.C2H6/c1-7(8(2)10(11,12)13)9-5-3-4-6-9;1-2/h2-6H2,1H3;1-2H3. The van der Waals surface area contributed by atoms with Crippen LogP contribution in [-0.4, -0.2) is 6.18 Å². The van der Waals surface area contributed by atoms with Crippen LogP contribution in [0, 0.1) is 0 Å². The molecular weight excluding hydrogens is 201 g/mol. The third-order valence-electron chi connectivity index (χ3n) is 2.53. The van der Waals surface area contributed by atoms with Crippen molar-refractivity contribution in [1.29, 1.82) is 0 Å². The van der Waals surface area contributed by atoms with Gasteiger partial charge in [-0.2, -0.15) is 13.2 Å². The van der Waals surface area contributed by atoms with Gasteiger partial charge >= 0.3 is 6.18 Å². The molecule has 0 radical (unpaired) electrons. The van der Waals surface area contributed by atoms with Crippen LogP contribution in [0.4, 0.5) is 13.2 Å². The van der Waals surface area contributed by atoms with Crippen LogP contribution in [0.1, 0.15) is 46.5 Å². The summed E-state index contributed by atoms with van der Waals surface area (Å²) in [5, 5.41) is 0. The Kier molecular flexibility index (Phi) is 5.69. The number of rotatable bonds is 1. The molecule has 0 aromatic rings. The van der Waals surface area contributed by atoms with Gasteiger partial charge in [0.1, 0.15) is 0 Å². The summed E-state index contributed by atoms with van der Waals surface area (Å²) >= 11 is 0. The van der Waals surface area contributed by atoms with Crippen molar-refractivity contribution in [2.24, 2.45) is 0 Å². The summed E-state index contributed by atoms with van der Waals surface area (Å²) in [6.45, 7) is 8.61. The van der Waals surface area contributed by atoms with Crippen molar-refractivity contribution in [3.8, 4) is 0 Å². The van der Waals surface area contributed by atoms with Crippen LogP contribution >= 0.6 is 0 Å². The van der Waals surface area contributed by atoms with Crippen LogP contribution < -0.4 is 0 Å². The second kappa shape index (κ2) is 5.99. The van der Waals surface area contributed by atoms with Crippen molar-refractivity contribution < 1.29 is 13.2 Å². The van der Waals surface area contributed by atoms with E-state index in [0.717, 1.165) is 31.3 Å². The number of halogens is 3. The van der Waals surface area contributed by atoms with Gasteiger partial charge in [0, 0.05) is 0 Å². The van der Waals surface area contributed by atoms with Gasteiger partial charge in [0.25, 0.3) is 0 Å². The number of hydrogen-bond donors (Lipinski definition) is 0. The molecule has 0 bridgehead atoms. The van der Waals surface area contributed by atoms with Gasteiger partial charge in [0.05, 0.1) is 5.57 Å². The lowest BCUT2D eigenvalue weighted by molar-refractivity contribution is -0.0890. The molecule has 0 unspecified atom stereocenters. The molecule has 15 heavy (non-hydrogen) atoms. The first-order valence-corrected chi connectivity index (χ1v) is 5.38. The van der Waals surface area contributed by atoms with Crippen LogP contribution in [0.5, 0.6) is 0 Å². The van der Waals surface area contributed by atoms with E-state index in [1.165, 1.54) is 6.92 Å². The van der Waals surface area contributed by atoms with Crippen LogP contribution in [-0.2, 0) is 0 Å². The monoisotopic (exact) mass is 220 g/mol. The van der Waals surface area contributed by atoms with E-state index >= 15 is 0 Å². The van der Waals surface area contributed by atoms with Crippen molar-refractivity contribution in [2.75, 3.05) is 0 Å². The maximum atomic E-state index is 12.2. The third-order valence-corrected chi connectivity index (χ3v) is 2.53. The van der Waals surface area contributed by atoms with Crippen molar-refractivity contribution >= 4 is 0 Å². The average molecular weight is 220 g/mol. The normalized spacial score (nSPS) is 15.7. The quantitative estimate of drug-likeness (QED) is 0.582. The number of hydrogen-bond acceptors (Lipinski definition) is 0. The fourth-order valence-electron chi connectivity index (χ4n) is 1.60. The molecule has 0 amide bonds. The van der Waals surface area contributed by atoms with E-state index in [4.69, 9.17) is 0 Å². The highest BCUT2D eigenvalue weighted by molar-refractivity contribution is 5.35. The zero-order chi connectivity index (χ0) is 12.1. The molecule has 1 rings (SSSR count). The largest absolute Gasteiger partial charge is 0.416 e. The van der Waals surface area contributed by atoms with Gasteiger partial charge in [-0.25, -0.2) is 0 Å². The first kappa shape index (κ1) is 14.3. The summed E-state index contributed by atoms with van der Waals surface area (Å²) in [6, 6.07) is 0. The predicted molar refractivity (Wildman–Crippen MR) is 57.7 cm³/mol. The van der Waals surface area contributed by atoms with E-state index in [9.17, 15) is 13.2 Å². The zero-order valence-electron chi connectivity index (χ0n) is 9.67. The van der Waals surface area contributed by atoms with Crippen molar-refractivity contribution in [2.45, 2.75) is 52.6 Å². The fraction of sp³-hybridized carbons (Fsp3) is 0.667. The van der Waals surface area contributed by atoms with Crippen LogP contribution in [0.25, 0.3) is 0 Å². The highest BCUT2D eigenvalue weighted by atomic mass is 19.4. The summed E-state index contributed by atoms with van der Waals surface area (Å²) in [7, 11) is 0. The molecule has 0 aromatic heterocycles. The molecule has 0 saturated heterocycles. The van der Waals surface area contributed by atoms with Gasteiger partial charge in [0.15, 0.2) is 0 Å². The molecule has 1 aliphatic carbocycles. The lowest BCUT2D eigenvalue weighted by atomic mass is 10.0. The summed E-state index contributed by atoms with van der Waals surface area (Å²) in [4.78, 5) is 0. The smallest absolute Gasteiger partial charge is 0.166 e. The SMILES string of the molecule is C=C(C(C)=C1CCCC1)C(F)(F)F.CC. The maximum Gasteiger partial charge on any atom is 0.416 e. The van der Waals surface area contributed by atoms with Crippen LogP contribution in [0.2, 0.25) is 0 Å². The molecule has 1 aliphatic rings. The Hall–Kier alpha value is -0.730.